The van der Waals surface area contributed by atoms with Crippen LogP contribution in [0.25, 0.3) is 0 Å². The van der Waals surface area contributed by atoms with Crippen molar-refractivity contribution in [2.45, 2.75) is 39.0 Å². The van der Waals surface area contributed by atoms with Crippen LogP contribution in [-0.4, -0.2) is 29.8 Å². The van der Waals surface area contributed by atoms with E-state index < -0.39 is 0 Å². The summed E-state index contributed by atoms with van der Waals surface area (Å²) < 4.78 is 5.29. The van der Waals surface area contributed by atoms with Gasteiger partial charge in [0.25, 0.3) is 5.95 Å². The lowest BCUT2D eigenvalue weighted by Crippen LogP contribution is -2.30. The van der Waals surface area contributed by atoms with Gasteiger partial charge in [0.2, 0.25) is 5.89 Å². The van der Waals surface area contributed by atoms with Crippen LogP contribution in [0.15, 0.2) is 4.52 Å². The Labute approximate surface area is 102 Å². The maximum absolute atomic E-state index is 5.68. The normalized spacial score (nSPS) is 18.4. The molecule has 0 bridgehead atoms. The molecule has 17 heavy (non-hydrogen) atoms. The topological polar surface area (TPSA) is 68.2 Å². The van der Waals surface area contributed by atoms with Crippen molar-refractivity contribution in [3.8, 4) is 0 Å². The molecule has 1 aliphatic heterocycles. The van der Waals surface area contributed by atoms with Crippen molar-refractivity contribution < 1.29 is 4.52 Å². The van der Waals surface area contributed by atoms with E-state index in [0.717, 1.165) is 37.8 Å². The van der Waals surface area contributed by atoms with Gasteiger partial charge in [-0.25, -0.2) is 0 Å². The zero-order chi connectivity index (χ0) is 12.1. The zero-order valence-corrected chi connectivity index (χ0v) is 10.6. The van der Waals surface area contributed by atoms with E-state index in [2.05, 4.69) is 22.0 Å². The fraction of sp³-hybridized carbons (Fsp3) is 0.833. The average Bonchev–Trinajstić information content (AvgIpc) is 2.85. The molecule has 5 heteroatoms. The molecule has 2 N–H and O–H groups in total. The van der Waals surface area contributed by atoms with E-state index in [4.69, 9.17) is 10.3 Å². The second-order valence-corrected chi connectivity index (χ2v) is 4.75. The van der Waals surface area contributed by atoms with Gasteiger partial charge in [-0.3, -0.25) is 0 Å². The van der Waals surface area contributed by atoms with Gasteiger partial charge < -0.3 is 15.2 Å². The molecule has 5 nitrogen and oxygen atoms in total. The van der Waals surface area contributed by atoms with Gasteiger partial charge in [-0.1, -0.05) is 13.3 Å². The zero-order valence-electron chi connectivity index (χ0n) is 10.6. The van der Waals surface area contributed by atoms with E-state index in [1.807, 2.05) is 0 Å². The molecule has 0 spiro atoms. The van der Waals surface area contributed by atoms with Crippen molar-refractivity contribution in [3.63, 3.8) is 0 Å². The van der Waals surface area contributed by atoms with Crippen LogP contribution in [0.2, 0.25) is 0 Å². The molecule has 96 valence electrons. The van der Waals surface area contributed by atoms with Gasteiger partial charge in [0.15, 0.2) is 0 Å². The van der Waals surface area contributed by atoms with Crippen molar-refractivity contribution in [1.29, 1.82) is 0 Å². The Morgan fingerprint density at radius 2 is 2.12 bits per heavy atom. The number of piperidine rings is 1. The first kappa shape index (κ1) is 12.4. The molecular weight excluding hydrogens is 216 g/mol. The third kappa shape index (κ3) is 3.19. The Bertz CT molecular complexity index is 329. The van der Waals surface area contributed by atoms with Gasteiger partial charge in [0.05, 0.1) is 0 Å². The molecule has 0 saturated carbocycles. The highest BCUT2D eigenvalue weighted by atomic mass is 16.5. The van der Waals surface area contributed by atoms with Crippen LogP contribution in [0.3, 0.4) is 0 Å². The highest BCUT2D eigenvalue weighted by molar-refractivity contribution is 5.27. The standard InChI is InChI=1S/C12H22N4O/c1-2-10(9-13)8-11-14-12(15-17-11)16-6-4-3-5-7-16/h10H,2-9,13H2,1H3. The molecular formula is C12H22N4O. The molecule has 0 amide bonds. The molecule has 1 aromatic heterocycles. The lowest BCUT2D eigenvalue weighted by Gasteiger charge is -2.24. The minimum Gasteiger partial charge on any atom is -0.338 e. The molecule has 0 aliphatic carbocycles. The average molecular weight is 238 g/mol. The summed E-state index contributed by atoms with van der Waals surface area (Å²) in [5.74, 6) is 1.93. The number of aromatic nitrogens is 2. The van der Waals surface area contributed by atoms with Crippen LogP contribution in [0.4, 0.5) is 5.95 Å². The van der Waals surface area contributed by atoms with E-state index in [1.165, 1.54) is 19.3 Å². The van der Waals surface area contributed by atoms with Crippen molar-refractivity contribution in [2.24, 2.45) is 11.7 Å². The van der Waals surface area contributed by atoms with Crippen LogP contribution in [-0.2, 0) is 6.42 Å². The van der Waals surface area contributed by atoms with Gasteiger partial charge in [0.1, 0.15) is 0 Å². The second kappa shape index (κ2) is 6.00. The van der Waals surface area contributed by atoms with E-state index in [0.29, 0.717) is 12.5 Å². The number of anilines is 1. The van der Waals surface area contributed by atoms with Gasteiger partial charge in [0, 0.05) is 19.5 Å². The molecule has 1 aromatic rings. The van der Waals surface area contributed by atoms with E-state index in [1.54, 1.807) is 0 Å². The third-order valence-electron chi connectivity index (χ3n) is 3.47. The number of hydrogen-bond acceptors (Lipinski definition) is 5. The molecule has 1 saturated heterocycles. The number of nitrogens with two attached hydrogens (primary N) is 1. The Balaban J connectivity index is 1.94. The molecule has 1 unspecified atom stereocenters. The molecule has 1 atom stereocenters. The first-order valence-electron chi connectivity index (χ1n) is 6.61. The highest BCUT2D eigenvalue weighted by Gasteiger charge is 2.18. The lowest BCUT2D eigenvalue weighted by atomic mass is 10.0. The summed E-state index contributed by atoms with van der Waals surface area (Å²) in [6, 6.07) is 0. The van der Waals surface area contributed by atoms with Gasteiger partial charge >= 0.3 is 0 Å². The van der Waals surface area contributed by atoms with Crippen LogP contribution in [0.5, 0.6) is 0 Å². The summed E-state index contributed by atoms with van der Waals surface area (Å²) in [5.41, 5.74) is 5.68. The summed E-state index contributed by atoms with van der Waals surface area (Å²) >= 11 is 0. The van der Waals surface area contributed by atoms with Crippen LogP contribution in [0.1, 0.15) is 38.5 Å². The smallest absolute Gasteiger partial charge is 0.266 e. The summed E-state index contributed by atoms with van der Waals surface area (Å²) in [6.45, 7) is 4.91. The Morgan fingerprint density at radius 3 is 2.76 bits per heavy atom. The van der Waals surface area contributed by atoms with Crippen molar-refractivity contribution in [2.75, 3.05) is 24.5 Å². The molecule has 0 radical (unpaired) electrons. The predicted molar refractivity (Wildman–Crippen MR) is 66.9 cm³/mol. The van der Waals surface area contributed by atoms with Crippen LogP contribution < -0.4 is 10.6 Å². The van der Waals surface area contributed by atoms with Crippen molar-refractivity contribution in [1.82, 2.24) is 10.1 Å². The molecule has 0 aromatic carbocycles. The maximum atomic E-state index is 5.68. The summed E-state index contributed by atoms with van der Waals surface area (Å²) in [4.78, 5) is 6.67. The predicted octanol–water partition coefficient (Wildman–Crippen LogP) is 1.59. The largest absolute Gasteiger partial charge is 0.338 e. The Kier molecular flexibility index (Phi) is 4.36. The SMILES string of the molecule is CCC(CN)Cc1nc(N2CCCCC2)no1. The minimum absolute atomic E-state index is 0.449. The van der Waals surface area contributed by atoms with Gasteiger partial charge in [-0.05, 0) is 36.9 Å². The van der Waals surface area contributed by atoms with Gasteiger partial charge in [-0.2, -0.15) is 4.98 Å². The van der Waals surface area contributed by atoms with Crippen molar-refractivity contribution >= 4 is 5.95 Å². The number of rotatable bonds is 5. The quantitative estimate of drug-likeness (QED) is 0.843. The maximum Gasteiger partial charge on any atom is 0.266 e. The molecule has 1 aliphatic rings. The highest BCUT2D eigenvalue weighted by Crippen LogP contribution is 2.17. The summed E-state index contributed by atoms with van der Waals surface area (Å²) in [5, 5.41) is 4.06. The summed E-state index contributed by atoms with van der Waals surface area (Å²) in [6.07, 6.45) is 5.62. The minimum atomic E-state index is 0.449. The van der Waals surface area contributed by atoms with Crippen LogP contribution in [0, 0.1) is 5.92 Å². The first-order chi connectivity index (χ1) is 8.33. The van der Waals surface area contributed by atoms with E-state index in [9.17, 15) is 0 Å². The fourth-order valence-corrected chi connectivity index (χ4v) is 2.19. The Morgan fingerprint density at radius 1 is 1.35 bits per heavy atom. The third-order valence-corrected chi connectivity index (χ3v) is 3.47. The summed E-state index contributed by atoms with van der Waals surface area (Å²) in [7, 11) is 0. The fourth-order valence-electron chi connectivity index (χ4n) is 2.19. The van der Waals surface area contributed by atoms with E-state index >= 15 is 0 Å². The second-order valence-electron chi connectivity index (χ2n) is 4.75. The number of hydrogen-bond donors (Lipinski definition) is 1. The monoisotopic (exact) mass is 238 g/mol. The lowest BCUT2D eigenvalue weighted by molar-refractivity contribution is 0.349. The molecule has 2 rings (SSSR count). The van der Waals surface area contributed by atoms with Gasteiger partial charge in [-0.15, -0.1) is 0 Å². The first-order valence-corrected chi connectivity index (χ1v) is 6.61. The molecule has 2 heterocycles. The Hall–Kier alpha value is -1.10. The number of nitrogens with zero attached hydrogens (tertiary/aromatic N) is 3. The van der Waals surface area contributed by atoms with Crippen molar-refractivity contribution in [3.05, 3.63) is 5.89 Å². The molecule has 1 fully saturated rings. The van der Waals surface area contributed by atoms with E-state index in [-0.39, 0.29) is 0 Å². The van der Waals surface area contributed by atoms with Crippen LogP contribution >= 0.6 is 0 Å².